The second-order valence-electron chi connectivity index (χ2n) is 4.92. The molecule has 0 aliphatic rings. The SMILES string of the molecule is CCc1nnsc1C(=O)NC(C)(C(=O)O)c1ccc(Cl)c(Cl)c1. The van der Waals surface area contributed by atoms with Gasteiger partial charge in [0.05, 0.1) is 15.7 Å². The quantitative estimate of drug-likeness (QED) is 0.839. The summed E-state index contributed by atoms with van der Waals surface area (Å²) in [5, 5.41) is 16.5. The van der Waals surface area contributed by atoms with Crippen LogP contribution < -0.4 is 5.32 Å². The van der Waals surface area contributed by atoms with Gasteiger partial charge in [-0.05, 0) is 42.6 Å². The molecular formula is C14H13Cl2N3O3S. The number of carboxylic acids is 1. The third-order valence-electron chi connectivity index (χ3n) is 3.39. The smallest absolute Gasteiger partial charge is 0.333 e. The number of rotatable bonds is 5. The Morgan fingerprint density at radius 1 is 1.35 bits per heavy atom. The number of hydrogen-bond acceptors (Lipinski definition) is 5. The number of aliphatic carboxylic acids is 1. The van der Waals surface area contributed by atoms with Crippen molar-refractivity contribution in [2.24, 2.45) is 0 Å². The fourth-order valence-corrected chi connectivity index (χ4v) is 2.90. The Labute approximate surface area is 146 Å². The van der Waals surface area contributed by atoms with Crippen molar-refractivity contribution in [2.45, 2.75) is 25.8 Å². The Bertz CT molecular complexity index is 765. The van der Waals surface area contributed by atoms with Crippen LogP contribution in [0.4, 0.5) is 0 Å². The number of hydrogen-bond donors (Lipinski definition) is 2. The number of amides is 1. The van der Waals surface area contributed by atoms with Crippen LogP contribution in [0.5, 0.6) is 0 Å². The molecule has 2 N–H and O–H groups in total. The molecule has 0 radical (unpaired) electrons. The Morgan fingerprint density at radius 3 is 2.61 bits per heavy atom. The van der Waals surface area contributed by atoms with Crippen molar-refractivity contribution in [1.82, 2.24) is 14.9 Å². The van der Waals surface area contributed by atoms with Crippen LogP contribution in [0, 0.1) is 0 Å². The van der Waals surface area contributed by atoms with Gasteiger partial charge in [-0.1, -0.05) is 40.7 Å². The topological polar surface area (TPSA) is 92.2 Å². The first-order valence-electron chi connectivity index (χ1n) is 6.62. The molecule has 0 saturated heterocycles. The van der Waals surface area contributed by atoms with Crippen LogP contribution in [-0.4, -0.2) is 26.6 Å². The number of carbonyl (C=O) groups excluding carboxylic acids is 1. The van der Waals surface area contributed by atoms with E-state index >= 15 is 0 Å². The molecule has 1 aromatic heterocycles. The van der Waals surface area contributed by atoms with E-state index in [1.165, 1.54) is 25.1 Å². The maximum atomic E-state index is 12.4. The molecule has 1 heterocycles. The molecule has 0 spiro atoms. The average molecular weight is 374 g/mol. The highest BCUT2D eigenvalue weighted by atomic mass is 35.5. The lowest BCUT2D eigenvalue weighted by Gasteiger charge is -2.27. The van der Waals surface area contributed by atoms with Crippen molar-refractivity contribution < 1.29 is 14.7 Å². The van der Waals surface area contributed by atoms with Gasteiger partial charge in [-0.2, -0.15) is 0 Å². The van der Waals surface area contributed by atoms with Crippen molar-refractivity contribution in [3.05, 3.63) is 44.4 Å². The van der Waals surface area contributed by atoms with Crippen LogP contribution in [0.1, 0.15) is 34.8 Å². The molecule has 0 saturated carbocycles. The molecule has 0 bridgehead atoms. The molecule has 2 rings (SSSR count). The molecule has 2 aromatic rings. The number of nitrogens with zero attached hydrogens (tertiary/aromatic N) is 2. The van der Waals surface area contributed by atoms with Crippen molar-refractivity contribution >= 4 is 46.6 Å². The van der Waals surface area contributed by atoms with E-state index in [1.54, 1.807) is 0 Å². The fourth-order valence-electron chi connectivity index (χ4n) is 1.95. The summed E-state index contributed by atoms with van der Waals surface area (Å²) in [7, 11) is 0. The second-order valence-corrected chi connectivity index (χ2v) is 6.48. The Morgan fingerprint density at radius 2 is 2.04 bits per heavy atom. The molecular weight excluding hydrogens is 361 g/mol. The van der Waals surface area contributed by atoms with Gasteiger partial charge in [0.1, 0.15) is 4.88 Å². The van der Waals surface area contributed by atoms with E-state index in [-0.39, 0.29) is 5.02 Å². The predicted octanol–water partition coefficient (Wildman–Crippen LogP) is 3.14. The lowest BCUT2D eigenvalue weighted by Crippen LogP contribution is -2.49. The largest absolute Gasteiger partial charge is 0.479 e. The van der Waals surface area contributed by atoms with E-state index < -0.39 is 17.4 Å². The van der Waals surface area contributed by atoms with Gasteiger partial charge in [0.15, 0.2) is 5.54 Å². The van der Waals surface area contributed by atoms with Gasteiger partial charge in [-0.25, -0.2) is 4.79 Å². The summed E-state index contributed by atoms with van der Waals surface area (Å²) in [4.78, 5) is 24.5. The zero-order valence-corrected chi connectivity index (χ0v) is 14.6. The first kappa shape index (κ1) is 17.7. The van der Waals surface area contributed by atoms with Gasteiger partial charge >= 0.3 is 5.97 Å². The summed E-state index contributed by atoms with van der Waals surface area (Å²) in [5.74, 6) is -1.77. The fraction of sp³-hybridized carbons (Fsp3) is 0.286. The summed E-state index contributed by atoms with van der Waals surface area (Å²) in [6.45, 7) is 3.22. The van der Waals surface area contributed by atoms with Crippen LogP contribution in [0.25, 0.3) is 0 Å². The number of carboxylic acid groups (broad SMARTS) is 1. The Balaban J connectivity index is 2.39. The molecule has 1 unspecified atom stereocenters. The number of benzene rings is 1. The number of aromatic nitrogens is 2. The van der Waals surface area contributed by atoms with Crippen molar-refractivity contribution in [3.63, 3.8) is 0 Å². The molecule has 1 amide bonds. The maximum absolute atomic E-state index is 12.4. The van der Waals surface area contributed by atoms with Crippen LogP contribution in [0.3, 0.4) is 0 Å². The zero-order chi connectivity index (χ0) is 17.2. The number of aryl methyl sites for hydroxylation is 1. The standard InChI is InChI=1S/C14H13Cl2N3O3S/c1-3-10-11(23-19-18-10)12(20)17-14(2,13(21)22)7-4-5-8(15)9(16)6-7/h4-6H,3H2,1-2H3,(H,17,20)(H,21,22). The minimum atomic E-state index is -1.67. The maximum Gasteiger partial charge on any atom is 0.333 e. The second kappa shape index (κ2) is 6.82. The normalized spacial score (nSPS) is 13.4. The molecule has 1 aromatic carbocycles. The highest BCUT2D eigenvalue weighted by molar-refractivity contribution is 7.08. The lowest BCUT2D eigenvalue weighted by molar-refractivity contribution is -0.144. The van der Waals surface area contributed by atoms with E-state index in [0.717, 1.165) is 11.5 Å². The minimum Gasteiger partial charge on any atom is -0.479 e. The van der Waals surface area contributed by atoms with Gasteiger partial charge in [0.2, 0.25) is 0 Å². The van der Waals surface area contributed by atoms with E-state index in [4.69, 9.17) is 23.2 Å². The molecule has 23 heavy (non-hydrogen) atoms. The summed E-state index contributed by atoms with van der Waals surface area (Å²) >= 11 is 12.7. The van der Waals surface area contributed by atoms with Gasteiger partial charge in [-0.15, -0.1) is 5.10 Å². The van der Waals surface area contributed by atoms with Gasteiger partial charge in [0, 0.05) is 0 Å². The number of carbonyl (C=O) groups is 2. The summed E-state index contributed by atoms with van der Waals surface area (Å²) in [6, 6.07) is 4.41. The highest BCUT2D eigenvalue weighted by Crippen LogP contribution is 2.29. The van der Waals surface area contributed by atoms with Crippen molar-refractivity contribution in [3.8, 4) is 0 Å². The summed E-state index contributed by atoms with van der Waals surface area (Å²) < 4.78 is 3.73. The molecule has 6 nitrogen and oxygen atoms in total. The zero-order valence-electron chi connectivity index (χ0n) is 12.3. The molecule has 0 aliphatic carbocycles. The average Bonchev–Trinajstić information content (AvgIpc) is 2.98. The Kier molecular flexibility index (Phi) is 5.23. The van der Waals surface area contributed by atoms with Gasteiger partial charge in [0.25, 0.3) is 5.91 Å². The van der Waals surface area contributed by atoms with Gasteiger partial charge in [-0.3, -0.25) is 4.79 Å². The number of halogens is 2. The van der Waals surface area contributed by atoms with Crippen LogP contribution in [-0.2, 0) is 16.8 Å². The summed E-state index contributed by atoms with van der Waals surface area (Å²) in [6.07, 6.45) is 0.524. The Hall–Kier alpha value is -1.70. The first-order chi connectivity index (χ1) is 10.8. The van der Waals surface area contributed by atoms with Crippen LogP contribution >= 0.6 is 34.7 Å². The van der Waals surface area contributed by atoms with Crippen LogP contribution in [0.15, 0.2) is 18.2 Å². The molecule has 1 atom stereocenters. The van der Waals surface area contributed by atoms with Crippen LogP contribution in [0.2, 0.25) is 10.0 Å². The van der Waals surface area contributed by atoms with E-state index in [0.29, 0.717) is 27.6 Å². The summed E-state index contributed by atoms with van der Waals surface area (Å²) in [5.41, 5.74) is -0.835. The molecule has 0 aliphatic heterocycles. The third-order valence-corrected chi connectivity index (χ3v) is 4.89. The monoisotopic (exact) mass is 373 g/mol. The molecule has 122 valence electrons. The lowest BCUT2D eigenvalue weighted by atomic mass is 9.92. The third kappa shape index (κ3) is 3.46. The molecule has 0 fully saturated rings. The van der Waals surface area contributed by atoms with Crippen molar-refractivity contribution in [1.29, 1.82) is 0 Å². The van der Waals surface area contributed by atoms with Gasteiger partial charge < -0.3 is 10.4 Å². The van der Waals surface area contributed by atoms with E-state index in [1.807, 2.05) is 6.92 Å². The van der Waals surface area contributed by atoms with Crippen molar-refractivity contribution in [2.75, 3.05) is 0 Å². The number of nitrogens with one attached hydrogen (secondary N) is 1. The first-order valence-corrected chi connectivity index (χ1v) is 8.15. The predicted molar refractivity (Wildman–Crippen MR) is 88.2 cm³/mol. The minimum absolute atomic E-state index is 0.208. The van der Waals surface area contributed by atoms with E-state index in [9.17, 15) is 14.7 Å². The highest BCUT2D eigenvalue weighted by Gasteiger charge is 2.38. The molecule has 9 heteroatoms. The van der Waals surface area contributed by atoms with E-state index in [2.05, 4.69) is 14.9 Å².